The second kappa shape index (κ2) is 7.22. The van der Waals surface area contributed by atoms with Crippen LogP contribution >= 0.6 is 0 Å². The van der Waals surface area contributed by atoms with Crippen LogP contribution in [-0.4, -0.2) is 67.2 Å². The Morgan fingerprint density at radius 2 is 2.00 bits per heavy atom. The number of esters is 1. The van der Waals surface area contributed by atoms with Gasteiger partial charge in [0.2, 0.25) is 0 Å². The van der Waals surface area contributed by atoms with Crippen molar-refractivity contribution in [3.05, 3.63) is 0 Å². The number of likely N-dealkylation sites (tertiary alicyclic amines) is 1. The summed E-state index contributed by atoms with van der Waals surface area (Å²) in [7, 11) is 2.05. The molecule has 0 aliphatic carbocycles. The van der Waals surface area contributed by atoms with Gasteiger partial charge < -0.3 is 20.3 Å². The average Bonchev–Trinajstić information content (AvgIpc) is 2.38. The first-order valence-electron chi connectivity index (χ1n) is 7.29. The smallest absolute Gasteiger partial charge is 0.327 e. The zero-order valence-electron chi connectivity index (χ0n) is 12.8. The van der Waals surface area contributed by atoms with Gasteiger partial charge in [0.25, 0.3) is 0 Å². The lowest BCUT2D eigenvalue weighted by Crippen LogP contribution is -2.56. The molecule has 1 saturated heterocycles. The molecule has 1 heterocycles. The summed E-state index contributed by atoms with van der Waals surface area (Å²) in [5.41, 5.74) is 5.16. The molecular weight excluding hydrogens is 242 g/mol. The number of carbonyl (C=O) groups is 1. The molecule has 1 rings (SSSR count). The lowest BCUT2D eigenvalue weighted by molar-refractivity contribution is -0.149. The van der Waals surface area contributed by atoms with Gasteiger partial charge in [-0.2, -0.15) is 0 Å². The van der Waals surface area contributed by atoms with Gasteiger partial charge in [0.1, 0.15) is 5.54 Å². The van der Waals surface area contributed by atoms with Crippen LogP contribution in [0.3, 0.4) is 0 Å². The van der Waals surface area contributed by atoms with E-state index in [1.54, 1.807) is 13.8 Å². The fourth-order valence-corrected chi connectivity index (χ4v) is 2.68. The third-order valence-corrected chi connectivity index (χ3v) is 3.95. The van der Waals surface area contributed by atoms with Crippen molar-refractivity contribution >= 4 is 5.97 Å². The van der Waals surface area contributed by atoms with Gasteiger partial charge in [-0.3, -0.25) is 4.79 Å². The van der Waals surface area contributed by atoms with Gasteiger partial charge in [-0.15, -0.1) is 0 Å². The van der Waals surface area contributed by atoms with E-state index in [9.17, 15) is 4.79 Å². The van der Waals surface area contributed by atoms with Crippen LogP contribution in [0.4, 0.5) is 0 Å². The molecule has 0 aromatic rings. The molecule has 0 aromatic heterocycles. The number of hydrogen-bond acceptors (Lipinski definition) is 5. The van der Waals surface area contributed by atoms with Crippen LogP contribution in [0.25, 0.3) is 0 Å². The Hall–Kier alpha value is -0.650. The minimum atomic E-state index is -0.924. The van der Waals surface area contributed by atoms with Gasteiger partial charge in [-0.25, -0.2) is 0 Å². The third kappa shape index (κ3) is 4.75. The molecule has 0 aromatic carbocycles. The number of piperidine rings is 1. The highest BCUT2D eigenvalue weighted by molar-refractivity contribution is 5.80. The molecule has 5 nitrogen and oxygen atoms in total. The summed E-state index contributed by atoms with van der Waals surface area (Å²) in [4.78, 5) is 16.5. The van der Waals surface area contributed by atoms with E-state index in [1.807, 2.05) is 0 Å². The Morgan fingerprint density at radius 1 is 1.42 bits per heavy atom. The molecule has 2 N–H and O–H groups in total. The molecular formula is C14H29N3O2. The van der Waals surface area contributed by atoms with Crippen molar-refractivity contribution in [2.45, 2.75) is 45.2 Å². The molecule has 0 radical (unpaired) electrons. The van der Waals surface area contributed by atoms with Gasteiger partial charge in [0, 0.05) is 12.6 Å². The maximum Gasteiger partial charge on any atom is 0.327 e. The molecule has 1 fully saturated rings. The van der Waals surface area contributed by atoms with Crippen LogP contribution < -0.4 is 5.73 Å². The number of hydrogen-bond donors (Lipinski definition) is 1. The van der Waals surface area contributed by atoms with Gasteiger partial charge in [0.15, 0.2) is 0 Å². The lowest BCUT2D eigenvalue weighted by Gasteiger charge is -2.38. The molecule has 0 amide bonds. The van der Waals surface area contributed by atoms with Crippen LogP contribution in [0.5, 0.6) is 0 Å². The van der Waals surface area contributed by atoms with Crippen LogP contribution in [0, 0.1) is 0 Å². The second-order valence-corrected chi connectivity index (χ2v) is 5.72. The highest BCUT2D eigenvalue weighted by Crippen LogP contribution is 2.17. The van der Waals surface area contributed by atoms with Crippen LogP contribution in [-0.2, 0) is 9.53 Å². The predicted molar refractivity (Wildman–Crippen MR) is 77.0 cm³/mol. The largest absolute Gasteiger partial charge is 0.465 e. The first kappa shape index (κ1) is 16.4. The van der Waals surface area contributed by atoms with E-state index in [2.05, 4.69) is 23.8 Å². The molecule has 1 atom stereocenters. The molecule has 0 spiro atoms. The van der Waals surface area contributed by atoms with E-state index >= 15 is 0 Å². The Balaban J connectivity index is 2.46. The van der Waals surface area contributed by atoms with Crippen molar-refractivity contribution in [2.75, 3.05) is 39.8 Å². The average molecular weight is 271 g/mol. The number of nitrogens with two attached hydrogens (primary N) is 1. The van der Waals surface area contributed by atoms with E-state index in [-0.39, 0.29) is 5.97 Å². The molecule has 1 aliphatic rings. The van der Waals surface area contributed by atoms with Gasteiger partial charge >= 0.3 is 5.97 Å². The molecule has 112 valence electrons. The molecule has 5 heteroatoms. The summed E-state index contributed by atoms with van der Waals surface area (Å²) >= 11 is 0. The SMILES string of the molecule is CCOC(=O)C(C)(N)CN(C)C1CCN(CC)CC1. The van der Waals surface area contributed by atoms with Crippen LogP contribution in [0.15, 0.2) is 0 Å². The highest BCUT2D eigenvalue weighted by Gasteiger charge is 2.33. The summed E-state index contributed by atoms with van der Waals surface area (Å²) in [6, 6.07) is 0.514. The molecule has 0 bridgehead atoms. The van der Waals surface area contributed by atoms with E-state index in [0.29, 0.717) is 19.2 Å². The Morgan fingerprint density at radius 3 is 2.47 bits per heavy atom. The van der Waals surface area contributed by atoms with Crippen molar-refractivity contribution in [1.82, 2.24) is 9.80 Å². The lowest BCUT2D eigenvalue weighted by atomic mass is 9.99. The third-order valence-electron chi connectivity index (χ3n) is 3.95. The topological polar surface area (TPSA) is 58.8 Å². The molecule has 1 aliphatic heterocycles. The summed E-state index contributed by atoms with van der Waals surface area (Å²) < 4.78 is 5.03. The maximum absolute atomic E-state index is 11.8. The standard InChI is InChI=1S/C14H29N3O2/c1-5-17-9-7-12(8-10-17)16(4)11-14(3,15)13(18)19-6-2/h12H,5-11,15H2,1-4H3. The molecule has 1 unspecified atom stereocenters. The number of likely N-dealkylation sites (N-methyl/N-ethyl adjacent to an activating group) is 1. The minimum Gasteiger partial charge on any atom is -0.465 e. The Bertz CT molecular complexity index is 286. The first-order valence-corrected chi connectivity index (χ1v) is 7.29. The normalized spacial score (nSPS) is 21.4. The minimum absolute atomic E-state index is 0.312. The predicted octanol–water partition coefficient (Wildman–Crippen LogP) is 0.683. The number of nitrogens with zero attached hydrogens (tertiary/aromatic N) is 2. The summed E-state index contributed by atoms with van der Waals surface area (Å²) in [5, 5.41) is 0. The van der Waals surface area contributed by atoms with Crippen LogP contribution in [0.2, 0.25) is 0 Å². The summed E-state index contributed by atoms with van der Waals surface area (Å²) in [5.74, 6) is -0.312. The van der Waals surface area contributed by atoms with Gasteiger partial charge in [-0.05, 0) is 53.4 Å². The quantitative estimate of drug-likeness (QED) is 0.720. The van der Waals surface area contributed by atoms with Crippen molar-refractivity contribution in [3.8, 4) is 0 Å². The number of carbonyl (C=O) groups excluding carboxylic acids is 1. The van der Waals surface area contributed by atoms with E-state index in [4.69, 9.17) is 10.5 Å². The Kier molecular flexibility index (Phi) is 6.23. The van der Waals surface area contributed by atoms with E-state index in [0.717, 1.165) is 32.5 Å². The number of rotatable bonds is 6. The highest BCUT2D eigenvalue weighted by atomic mass is 16.5. The van der Waals surface area contributed by atoms with Gasteiger partial charge in [0.05, 0.1) is 6.61 Å². The molecule has 0 saturated carbocycles. The van der Waals surface area contributed by atoms with E-state index < -0.39 is 5.54 Å². The second-order valence-electron chi connectivity index (χ2n) is 5.72. The zero-order valence-corrected chi connectivity index (χ0v) is 12.8. The van der Waals surface area contributed by atoms with Gasteiger partial charge in [-0.1, -0.05) is 6.92 Å². The monoisotopic (exact) mass is 271 g/mol. The zero-order chi connectivity index (χ0) is 14.5. The van der Waals surface area contributed by atoms with Crippen molar-refractivity contribution < 1.29 is 9.53 Å². The number of ether oxygens (including phenoxy) is 1. The fourth-order valence-electron chi connectivity index (χ4n) is 2.68. The first-order chi connectivity index (χ1) is 8.90. The van der Waals surface area contributed by atoms with Crippen molar-refractivity contribution in [2.24, 2.45) is 5.73 Å². The maximum atomic E-state index is 11.8. The fraction of sp³-hybridized carbons (Fsp3) is 0.929. The summed E-state index contributed by atoms with van der Waals surface area (Å²) in [6.07, 6.45) is 2.28. The summed E-state index contributed by atoms with van der Waals surface area (Å²) in [6.45, 7) is 10.1. The van der Waals surface area contributed by atoms with Crippen molar-refractivity contribution in [3.63, 3.8) is 0 Å². The van der Waals surface area contributed by atoms with E-state index in [1.165, 1.54) is 0 Å². The molecule has 19 heavy (non-hydrogen) atoms. The Labute approximate surface area is 117 Å². The van der Waals surface area contributed by atoms with Crippen molar-refractivity contribution in [1.29, 1.82) is 0 Å². The van der Waals surface area contributed by atoms with Crippen LogP contribution in [0.1, 0.15) is 33.6 Å².